The van der Waals surface area contributed by atoms with Crippen LogP contribution in [0.4, 0.5) is 0 Å². The highest BCUT2D eigenvalue weighted by Gasteiger charge is 2.24. The molecule has 5 nitrogen and oxygen atoms in total. The minimum absolute atomic E-state index is 0.0167. The largest absolute Gasteiger partial charge is 0.497 e. The van der Waals surface area contributed by atoms with Crippen LogP contribution in [0.25, 0.3) is 11.1 Å². The summed E-state index contributed by atoms with van der Waals surface area (Å²) in [6, 6.07) is 13.7. The van der Waals surface area contributed by atoms with E-state index in [2.05, 4.69) is 5.32 Å². The molecule has 0 spiro atoms. The lowest BCUT2D eigenvalue weighted by Crippen LogP contribution is -2.49. The third kappa shape index (κ3) is 4.48. The molecule has 1 atom stereocenters. The molecule has 2 aromatic carbocycles. The Morgan fingerprint density at radius 2 is 1.89 bits per heavy atom. The van der Waals surface area contributed by atoms with Gasteiger partial charge in [0.15, 0.2) is 0 Å². The van der Waals surface area contributed by atoms with Crippen molar-refractivity contribution in [3.63, 3.8) is 0 Å². The number of rotatable bonds is 4. The van der Waals surface area contributed by atoms with E-state index in [-0.39, 0.29) is 17.9 Å². The van der Waals surface area contributed by atoms with Crippen LogP contribution < -0.4 is 10.1 Å². The third-order valence-corrected chi connectivity index (χ3v) is 4.99. The van der Waals surface area contributed by atoms with E-state index >= 15 is 0 Å². The predicted octanol–water partition coefficient (Wildman–Crippen LogP) is 3.41. The number of aryl methyl sites for hydroxylation is 1. The number of likely N-dealkylation sites (tertiary alicyclic amines) is 1. The van der Waals surface area contributed by atoms with E-state index in [4.69, 9.17) is 4.74 Å². The fourth-order valence-corrected chi connectivity index (χ4v) is 3.63. The molecule has 1 N–H and O–H groups in total. The Kier molecular flexibility index (Phi) is 5.79. The molecule has 5 heteroatoms. The molecular formula is C22H26N2O3. The first-order valence-corrected chi connectivity index (χ1v) is 9.29. The fourth-order valence-electron chi connectivity index (χ4n) is 3.63. The molecule has 1 aliphatic rings. The maximum absolute atomic E-state index is 12.8. The molecule has 0 aliphatic carbocycles. The molecule has 1 fully saturated rings. The molecule has 0 radical (unpaired) electrons. The van der Waals surface area contributed by atoms with Gasteiger partial charge in [0, 0.05) is 31.6 Å². The number of amides is 2. The van der Waals surface area contributed by atoms with E-state index in [0.29, 0.717) is 12.1 Å². The second-order valence-corrected chi connectivity index (χ2v) is 7.05. The van der Waals surface area contributed by atoms with Gasteiger partial charge in [0.1, 0.15) is 5.75 Å². The highest BCUT2D eigenvalue weighted by Crippen LogP contribution is 2.27. The summed E-state index contributed by atoms with van der Waals surface area (Å²) in [4.78, 5) is 25.9. The van der Waals surface area contributed by atoms with E-state index in [1.165, 1.54) is 6.92 Å². The number of carbonyl (C=O) groups excluding carboxylic acids is 2. The molecule has 0 bridgehead atoms. The van der Waals surface area contributed by atoms with Gasteiger partial charge >= 0.3 is 0 Å². The quantitative estimate of drug-likeness (QED) is 0.902. The topological polar surface area (TPSA) is 58.6 Å². The van der Waals surface area contributed by atoms with Crippen LogP contribution >= 0.6 is 0 Å². The monoisotopic (exact) mass is 366 g/mol. The number of benzene rings is 2. The van der Waals surface area contributed by atoms with Crippen molar-refractivity contribution in [2.24, 2.45) is 0 Å². The normalized spacial score (nSPS) is 16.7. The molecule has 0 saturated carbocycles. The van der Waals surface area contributed by atoms with E-state index in [0.717, 1.165) is 41.8 Å². The van der Waals surface area contributed by atoms with Crippen molar-refractivity contribution in [3.8, 4) is 16.9 Å². The Bertz CT molecular complexity index is 830. The molecule has 0 aromatic heterocycles. The van der Waals surface area contributed by atoms with Crippen LogP contribution in [0.15, 0.2) is 42.5 Å². The van der Waals surface area contributed by atoms with Gasteiger partial charge < -0.3 is 15.0 Å². The summed E-state index contributed by atoms with van der Waals surface area (Å²) in [5.74, 6) is 0.804. The molecular weight excluding hydrogens is 340 g/mol. The van der Waals surface area contributed by atoms with Crippen molar-refractivity contribution < 1.29 is 14.3 Å². The second kappa shape index (κ2) is 8.25. The Balaban J connectivity index is 1.73. The number of piperidine rings is 1. The zero-order valence-corrected chi connectivity index (χ0v) is 16.1. The molecule has 2 aromatic rings. The van der Waals surface area contributed by atoms with Gasteiger partial charge in [0.05, 0.1) is 7.11 Å². The van der Waals surface area contributed by atoms with Crippen LogP contribution in [0, 0.1) is 6.92 Å². The van der Waals surface area contributed by atoms with E-state index in [1.807, 2.05) is 54.3 Å². The van der Waals surface area contributed by atoms with Gasteiger partial charge in [0.25, 0.3) is 5.91 Å². The summed E-state index contributed by atoms with van der Waals surface area (Å²) in [7, 11) is 1.66. The minimum Gasteiger partial charge on any atom is -0.497 e. The Morgan fingerprint density at radius 3 is 2.52 bits per heavy atom. The van der Waals surface area contributed by atoms with Crippen molar-refractivity contribution in [2.45, 2.75) is 32.7 Å². The van der Waals surface area contributed by atoms with Crippen molar-refractivity contribution in [3.05, 3.63) is 53.6 Å². The molecule has 1 aliphatic heterocycles. The van der Waals surface area contributed by atoms with Crippen molar-refractivity contribution in [1.82, 2.24) is 10.2 Å². The smallest absolute Gasteiger partial charge is 0.253 e. The highest BCUT2D eigenvalue weighted by atomic mass is 16.5. The van der Waals surface area contributed by atoms with Crippen molar-refractivity contribution >= 4 is 11.8 Å². The second-order valence-electron chi connectivity index (χ2n) is 7.05. The summed E-state index contributed by atoms with van der Waals surface area (Å²) in [6.07, 6.45) is 1.82. The van der Waals surface area contributed by atoms with Gasteiger partial charge in [-0.3, -0.25) is 9.59 Å². The van der Waals surface area contributed by atoms with E-state index in [9.17, 15) is 9.59 Å². The average Bonchev–Trinajstić information content (AvgIpc) is 2.67. The van der Waals surface area contributed by atoms with E-state index < -0.39 is 0 Å². The van der Waals surface area contributed by atoms with Crippen LogP contribution in [-0.4, -0.2) is 43.0 Å². The van der Waals surface area contributed by atoms with E-state index in [1.54, 1.807) is 7.11 Å². The molecule has 1 heterocycles. The number of hydrogen-bond donors (Lipinski definition) is 1. The Hall–Kier alpha value is -2.82. The van der Waals surface area contributed by atoms with Crippen molar-refractivity contribution in [2.75, 3.05) is 20.2 Å². The van der Waals surface area contributed by atoms with Crippen LogP contribution in [0.5, 0.6) is 5.75 Å². The SMILES string of the molecule is COc1ccc(-c2ccc(C(=O)N3CCC[C@H](NC(C)=O)C3)cc2)c(C)c1. The zero-order valence-electron chi connectivity index (χ0n) is 16.1. The summed E-state index contributed by atoms with van der Waals surface area (Å²) >= 11 is 0. The van der Waals surface area contributed by atoms with Gasteiger partial charge in [-0.05, 0) is 60.7 Å². The lowest BCUT2D eigenvalue weighted by molar-refractivity contribution is -0.120. The summed E-state index contributed by atoms with van der Waals surface area (Å²) < 4.78 is 5.26. The average molecular weight is 366 g/mol. The molecule has 0 unspecified atom stereocenters. The third-order valence-electron chi connectivity index (χ3n) is 4.99. The standard InChI is InChI=1S/C22H26N2O3/c1-15-13-20(27-3)10-11-21(15)17-6-8-18(9-7-17)22(26)24-12-4-5-19(14-24)23-16(2)25/h6-11,13,19H,4-5,12,14H2,1-3H3,(H,23,25)/t19-/m0/s1. The predicted molar refractivity (Wildman–Crippen MR) is 106 cm³/mol. The number of carbonyl (C=O) groups is 2. The van der Waals surface area contributed by atoms with Gasteiger partial charge in [-0.15, -0.1) is 0 Å². The fraction of sp³-hybridized carbons (Fsp3) is 0.364. The molecule has 1 saturated heterocycles. The summed E-state index contributed by atoms with van der Waals surface area (Å²) in [5.41, 5.74) is 4.00. The number of methoxy groups -OCH3 is 1. The zero-order chi connectivity index (χ0) is 19.4. The Morgan fingerprint density at radius 1 is 1.15 bits per heavy atom. The first-order valence-electron chi connectivity index (χ1n) is 9.29. The van der Waals surface area contributed by atoms with Gasteiger partial charge in [-0.25, -0.2) is 0 Å². The Labute approximate surface area is 160 Å². The van der Waals surface area contributed by atoms with Crippen LogP contribution in [0.1, 0.15) is 35.7 Å². The van der Waals surface area contributed by atoms with Gasteiger partial charge in [-0.1, -0.05) is 18.2 Å². The van der Waals surface area contributed by atoms with Crippen LogP contribution in [-0.2, 0) is 4.79 Å². The maximum Gasteiger partial charge on any atom is 0.253 e. The first-order chi connectivity index (χ1) is 13.0. The molecule has 3 rings (SSSR count). The summed E-state index contributed by atoms with van der Waals surface area (Å²) in [5, 5.41) is 2.92. The van der Waals surface area contributed by atoms with Crippen LogP contribution in [0.3, 0.4) is 0 Å². The minimum atomic E-state index is -0.0477. The number of hydrogen-bond acceptors (Lipinski definition) is 3. The molecule has 142 valence electrons. The summed E-state index contributed by atoms with van der Waals surface area (Å²) in [6.45, 7) is 4.86. The van der Waals surface area contributed by atoms with Crippen LogP contribution in [0.2, 0.25) is 0 Å². The van der Waals surface area contributed by atoms with Crippen molar-refractivity contribution in [1.29, 1.82) is 0 Å². The highest BCUT2D eigenvalue weighted by molar-refractivity contribution is 5.95. The molecule has 2 amide bonds. The lowest BCUT2D eigenvalue weighted by Gasteiger charge is -2.33. The first kappa shape index (κ1) is 19.0. The molecule has 27 heavy (non-hydrogen) atoms. The van der Waals surface area contributed by atoms with Gasteiger partial charge in [-0.2, -0.15) is 0 Å². The number of nitrogens with zero attached hydrogens (tertiary/aromatic N) is 1. The maximum atomic E-state index is 12.8. The number of nitrogens with one attached hydrogen (secondary N) is 1. The lowest BCUT2D eigenvalue weighted by atomic mass is 9.98. The number of ether oxygens (including phenoxy) is 1. The van der Waals surface area contributed by atoms with Gasteiger partial charge in [0.2, 0.25) is 5.91 Å².